The summed E-state index contributed by atoms with van der Waals surface area (Å²) in [5.74, 6) is 0.114. The number of hydrogen-bond donors (Lipinski definition) is 1. The van der Waals surface area contributed by atoms with Crippen LogP contribution < -0.4 is 5.73 Å². The molecule has 0 amide bonds. The molecule has 0 aliphatic carbocycles. The molecule has 2 N–H and O–H groups in total. The van der Waals surface area contributed by atoms with E-state index in [1.165, 1.54) is 0 Å². The fraction of sp³-hybridized carbons (Fsp3) is 0.500. The lowest BCUT2D eigenvalue weighted by atomic mass is 9.76. The number of Topliss-reactive ketones (excluding diaryl/α,β-unsaturated/α-hetero) is 1. The SMILES string of the molecule is CCC(CC)(CN)C(=O)c1cccnc1. The van der Waals surface area contributed by atoms with E-state index in [0.717, 1.165) is 12.8 Å². The van der Waals surface area contributed by atoms with Gasteiger partial charge in [0.25, 0.3) is 0 Å². The Balaban J connectivity index is 3.01. The van der Waals surface area contributed by atoms with Gasteiger partial charge < -0.3 is 5.73 Å². The van der Waals surface area contributed by atoms with Gasteiger partial charge in [0.15, 0.2) is 5.78 Å². The molecule has 0 aliphatic heterocycles. The highest BCUT2D eigenvalue weighted by atomic mass is 16.1. The largest absolute Gasteiger partial charge is 0.329 e. The summed E-state index contributed by atoms with van der Waals surface area (Å²) < 4.78 is 0. The Kier molecular flexibility index (Phi) is 3.97. The third-order valence-electron chi connectivity index (χ3n) is 3.15. The average Bonchev–Trinajstić information content (AvgIpc) is 2.33. The maximum absolute atomic E-state index is 12.2. The summed E-state index contributed by atoms with van der Waals surface area (Å²) in [6.07, 6.45) is 4.82. The molecule has 0 saturated carbocycles. The summed E-state index contributed by atoms with van der Waals surface area (Å²) in [5.41, 5.74) is 5.97. The van der Waals surface area contributed by atoms with Gasteiger partial charge in [-0.05, 0) is 25.0 Å². The van der Waals surface area contributed by atoms with Crippen LogP contribution in [0.1, 0.15) is 37.0 Å². The number of carbonyl (C=O) groups excluding carboxylic acids is 1. The Morgan fingerprint density at radius 3 is 2.53 bits per heavy atom. The number of nitrogens with two attached hydrogens (primary N) is 1. The molecule has 3 heteroatoms. The van der Waals surface area contributed by atoms with Crippen molar-refractivity contribution in [3.63, 3.8) is 0 Å². The maximum Gasteiger partial charge on any atom is 0.171 e. The molecule has 82 valence electrons. The number of aromatic nitrogens is 1. The van der Waals surface area contributed by atoms with Crippen LogP contribution in [0.25, 0.3) is 0 Å². The Hall–Kier alpha value is -1.22. The van der Waals surface area contributed by atoms with E-state index in [1.54, 1.807) is 24.5 Å². The van der Waals surface area contributed by atoms with E-state index in [9.17, 15) is 4.79 Å². The first-order valence-electron chi connectivity index (χ1n) is 5.35. The monoisotopic (exact) mass is 206 g/mol. The van der Waals surface area contributed by atoms with Gasteiger partial charge in [0, 0.05) is 29.9 Å². The zero-order valence-electron chi connectivity index (χ0n) is 9.36. The zero-order valence-corrected chi connectivity index (χ0v) is 9.36. The van der Waals surface area contributed by atoms with Crippen LogP contribution in [-0.4, -0.2) is 17.3 Å². The summed E-state index contributed by atoms with van der Waals surface area (Å²) in [5, 5.41) is 0. The van der Waals surface area contributed by atoms with E-state index in [0.29, 0.717) is 12.1 Å². The van der Waals surface area contributed by atoms with Crippen LogP contribution in [0, 0.1) is 5.41 Å². The minimum atomic E-state index is -0.414. The van der Waals surface area contributed by atoms with Crippen molar-refractivity contribution >= 4 is 5.78 Å². The zero-order chi connectivity index (χ0) is 11.3. The van der Waals surface area contributed by atoms with Gasteiger partial charge in [0.2, 0.25) is 0 Å². The normalized spacial score (nSPS) is 11.4. The van der Waals surface area contributed by atoms with E-state index in [4.69, 9.17) is 5.73 Å². The minimum Gasteiger partial charge on any atom is -0.329 e. The Morgan fingerprint density at radius 2 is 2.13 bits per heavy atom. The molecule has 0 bridgehead atoms. The van der Waals surface area contributed by atoms with Crippen molar-refractivity contribution < 1.29 is 4.79 Å². The summed E-state index contributed by atoms with van der Waals surface area (Å²) in [6, 6.07) is 3.57. The average molecular weight is 206 g/mol. The summed E-state index contributed by atoms with van der Waals surface area (Å²) >= 11 is 0. The van der Waals surface area contributed by atoms with Crippen LogP contribution in [-0.2, 0) is 0 Å². The number of carbonyl (C=O) groups is 1. The van der Waals surface area contributed by atoms with E-state index in [-0.39, 0.29) is 5.78 Å². The third kappa shape index (κ3) is 2.23. The van der Waals surface area contributed by atoms with Crippen LogP contribution in [0.3, 0.4) is 0 Å². The molecular formula is C12H18N2O. The topological polar surface area (TPSA) is 56.0 Å². The lowest BCUT2D eigenvalue weighted by Gasteiger charge is -2.28. The van der Waals surface area contributed by atoms with Crippen LogP contribution in [0.5, 0.6) is 0 Å². The van der Waals surface area contributed by atoms with Gasteiger partial charge in [-0.2, -0.15) is 0 Å². The number of ketones is 1. The van der Waals surface area contributed by atoms with Gasteiger partial charge in [-0.3, -0.25) is 9.78 Å². The smallest absolute Gasteiger partial charge is 0.171 e. The van der Waals surface area contributed by atoms with Crippen molar-refractivity contribution in [1.29, 1.82) is 0 Å². The molecule has 15 heavy (non-hydrogen) atoms. The van der Waals surface area contributed by atoms with Crippen molar-refractivity contribution in [3.05, 3.63) is 30.1 Å². The van der Waals surface area contributed by atoms with Gasteiger partial charge in [-0.1, -0.05) is 13.8 Å². The second kappa shape index (κ2) is 5.03. The van der Waals surface area contributed by atoms with Crippen molar-refractivity contribution in [2.75, 3.05) is 6.54 Å². The third-order valence-corrected chi connectivity index (χ3v) is 3.15. The summed E-state index contributed by atoms with van der Waals surface area (Å²) in [4.78, 5) is 16.2. The standard InChI is InChI=1S/C12H18N2O/c1-3-12(4-2,9-13)11(15)10-6-5-7-14-8-10/h5-8H,3-4,9,13H2,1-2H3. The first kappa shape index (κ1) is 11.9. The molecule has 0 saturated heterocycles. The highest BCUT2D eigenvalue weighted by Gasteiger charge is 2.33. The van der Waals surface area contributed by atoms with Crippen molar-refractivity contribution in [2.24, 2.45) is 11.1 Å². The highest BCUT2D eigenvalue weighted by molar-refractivity contribution is 6.00. The van der Waals surface area contributed by atoms with Crippen LogP contribution in [0.4, 0.5) is 0 Å². The summed E-state index contributed by atoms with van der Waals surface area (Å²) in [7, 11) is 0. The predicted octanol–water partition coefficient (Wildman–Crippen LogP) is 2.03. The van der Waals surface area contributed by atoms with Crippen molar-refractivity contribution in [1.82, 2.24) is 4.98 Å². The molecule has 1 aromatic heterocycles. The number of hydrogen-bond acceptors (Lipinski definition) is 3. The Bertz CT molecular complexity index is 309. The molecule has 0 aliphatic rings. The highest BCUT2D eigenvalue weighted by Crippen LogP contribution is 2.29. The Labute approximate surface area is 90.7 Å². The predicted molar refractivity (Wildman–Crippen MR) is 60.6 cm³/mol. The molecule has 1 aromatic rings. The molecule has 0 atom stereocenters. The molecule has 0 radical (unpaired) electrons. The molecular weight excluding hydrogens is 188 g/mol. The molecule has 0 unspecified atom stereocenters. The lowest BCUT2D eigenvalue weighted by molar-refractivity contribution is 0.0787. The van der Waals surface area contributed by atoms with Crippen LogP contribution in [0.15, 0.2) is 24.5 Å². The van der Waals surface area contributed by atoms with E-state index >= 15 is 0 Å². The van der Waals surface area contributed by atoms with Crippen LogP contribution in [0.2, 0.25) is 0 Å². The quantitative estimate of drug-likeness (QED) is 0.750. The minimum absolute atomic E-state index is 0.114. The Morgan fingerprint density at radius 1 is 1.47 bits per heavy atom. The second-order valence-corrected chi connectivity index (χ2v) is 3.76. The van der Waals surface area contributed by atoms with Gasteiger partial charge in [-0.15, -0.1) is 0 Å². The lowest BCUT2D eigenvalue weighted by Crippen LogP contribution is -2.37. The van der Waals surface area contributed by atoms with Crippen molar-refractivity contribution in [2.45, 2.75) is 26.7 Å². The van der Waals surface area contributed by atoms with Crippen molar-refractivity contribution in [3.8, 4) is 0 Å². The number of rotatable bonds is 5. The van der Waals surface area contributed by atoms with E-state index in [1.807, 2.05) is 13.8 Å². The van der Waals surface area contributed by atoms with Gasteiger partial charge in [0.05, 0.1) is 0 Å². The molecule has 0 aromatic carbocycles. The fourth-order valence-corrected chi connectivity index (χ4v) is 1.76. The molecule has 3 nitrogen and oxygen atoms in total. The van der Waals surface area contributed by atoms with Gasteiger partial charge in [0.1, 0.15) is 0 Å². The first-order valence-corrected chi connectivity index (χ1v) is 5.35. The molecule has 1 heterocycles. The molecule has 1 rings (SSSR count). The number of pyridine rings is 1. The number of nitrogens with zero attached hydrogens (tertiary/aromatic N) is 1. The molecule has 0 fully saturated rings. The van der Waals surface area contributed by atoms with Crippen LogP contribution >= 0.6 is 0 Å². The van der Waals surface area contributed by atoms with E-state index < -0.39 is 5.41 Å². The first-order chi connectivity index (χ1) is 7.20. The van der Waals surface area contributed by atoms with Gasteiger partial charge >= 0.3 is 0 Å². The summed E-state index contributed by atoms with van der Waals surface area (Å²) in [6.45, 7) is 4.41. The maximum atomic E-state index is 12.2. The fourth-order valence-electron chi connectivity index (χ4n) is 1.76. The van der Waals surface area contributed by atoms with E-state index in [2.05, 4.69) is 4.98 Å². The molecule has 0 spiro atoms. The van der Waals surface area contributed by atoms with Gasteiger partial charge in [-0.25, -0.2) is 0 Å². The second-order valence-electron chi connectivity index (χ2n) is 3.76.